The van der Waals surface area contributed by atoms with Gasteiger partial charge in [-0.15, -0.1) is 0 Å². The number of ether oxygens (including phenoxy) is 3. The first kappa shape index (κ1) is 21.3. The van der Waals surface area contributed by atoms with Crippen molar-refractivity contribution in [2.24, 2.45) is 0 Å². The second kappa shape index (κ2) is 9.51. The number of carbonyl (C=O) groups excluding carboxylic acids is 1. The Morgan fingerprint density at radius 2 is 1.56 bits per heavy atom. The lowest BCUT2D eigenvalue weighted by molar-refractivity contribution is -0.126. The van der Waals surface area contributed by atoms with Crippen molar-refractivity contribution in [1.82, 2.24) is 10.2 Å². The molecule has 2 aromatic carbocycles. The van der Waals surface area contributed by atoms with Crippen molar-refractivity contribution in [3.63, 3.8) is 0 Å². The largest absolute Gasteiger partial charge is 0.486 e. The van der Waals surface area contributed by atoms with Gasteiger partial charge < -0.3 is 19.5 Å². The van der Waals surface area contributed by atoms with Crippen LogP contribution in [-0.2, 0) is 28.0 Å². The Balaban J connectivity index is 1.24. The molecule has 0 spiro atoms. The van der Waals surface area contributed by atoms with Crippen molar-refractivity contribution >= 4 is 5.91 Å². The number of nitrogens with zero attached hydrogens (tertiary/aromatic N) is 1. The minimum absolute atomic E-state index is 0.115. The molecular formula is C26H32N2O4. The number of hydrogen-bond donors (Lipinski definition) is 1. The van der Waals surface area contributed by atoms with Gasteiger partial charge in [0.2, 0.25) is 5.91 Å². The van der Waals surface area contributed by atoms with Gasteiger partial charge in [-0.3, -0.25) is 9.69 Å². The third-order valence-corrected chi connectivity index (χ3v) is 6.97. The number of fused-ring (bicyclic) bond motifs is 1. The summed E-state index contributed by atoms with van der Waals surface area (Å²) in [6, 6.07) is 14.6. The monoisotopic (exact) mass is 436 g/mol. The number of nitrogens with one attached hydrogen (secondary N) is 1. The summed E-state index contributed by atoms with van der Waals surface area (Å²) in [4.78, 5) is 15.9. The minimum Gasteiger partial charge on any atom is -0.486 e. The Morgan fingerprint density at radius 3 is 2.31 bits per heavy atom. The number of hydrogen-bond acceptors (Lipinski definition) is 5. The first-order valence-electron chi connectivity index (χ1n) is 11.8. The molecule has 2 heterocycles. The van der Waals surface area contributed by atoms with E-state index in [9.17, 15) is 4.79 Å². The molecular weight excluding hydrogens is 404 g/mol. The maximum Gasteiger partial charge on any atom is 0.230 e. The van der Waals surface area contributed by atoms with Crippen molar-refractivity contribution in [3.8, 4) is 11.5 Å². The second-order valence-electron chi connectivity index (χ2n) is 9.04. The van der Waals surface area contributed by atoms with E-state index in [0.717, 1.165) is 81.2 Å². The molecule has 2 aliphatic heterocycles. The van der Waals surface area contributed by atoms with E-state index in [1.807, 2.05) is 18.2 Å². The molecule has 1 saturated carbocycles. The number of amides is 1. The van der Waals surface area contributed by atoms with Gasteiger partial charge in [0.15, 0.2) is 11.5 Å². The summed E-state index contributed by atoms with van der Waals surface area (Å²) in [5.74, 6) is 1.64. The third-order valence-electron chi connectivity index (χ3n) is 6.97. The molecule has 2 fully saturated rings. The van der Waals surface area contributed by atoms with Gasteiger partial charge in [0.1, 0.15) is 13.2 Å². The predicted octanol–water partition coefficient (Wildman–Crippen LogP) is 3.42. The van der Waals surface area contributed by atoms with Crippen LogP contribution in [0.1, 0.15) is 42.4 Å². The molecule has 32 heavy (non-hydrogen) atoms. The van der Waals surface area contributed by atoms with Gasteiger partial charge in [-0.25, -0.2) is 0 Å². The summed E-state index contributed by atoms with van der Waals surface area (Å²) in [6.07, 6.45) is 3.88. The lowest BCUT2D eigenvalue weighted by Gasteiger charge is -2.30. The summed E-state index contributed by atoms with van der Waals surface area (Å²) in [5, 5.41) is 3.22. The van der Waals surface area contributed by atoms with E-state index in [0.29, 0.717) is 19.8 Å². The molecule has 5 rings (SSSR count). The van der Waals surface area contributed by atoms with Crippen molar-refractivity contribution in [1.29, 1.82) is 0 Å². The fraction of sp³-hybridized carbons (Fsp3) is 0.500. The van der Waals surface area contributed by atoms with Gasteiger partial charge in [-0.05, 0) is 41.7 Å². The molecule has 1 N–H and O–H groups in total. The number of benzene rings is 2. The minimum atomic E-state index is -0.480. The number of carbonyl (C=O) groups is 1. The Hall–Kier alpha value is -2.57. The number of morpholine rings is 1. The van der Waals surface area contributed by atoms with Gasteiger partial charge >= 0.3 is 0 Å². The lowest BCUT2D eigenvalue weighted by Crippen LogP contribution is -2.42. The summed E-state index contributed by atoms with van der Waals surface area (Å²) in [5.41, 5.74) is 2.98. The third kappa shape index (κ3) is 4.48. The molecule has 3 aliphatic rings. The highest BCUT2D eigenvalue weighted by atomic mass is 16.6. The first-order chi connectivity index (χ1) is 15.7. The Labute approximate surface area is 189 Å². The van der Waals surface area contributed by atoms with Gasteiger partial charge in [-0.1, -0.05) is 43.2 Å². The van der Waals surface area contributed by atoms with E-state index in [1.165, 1.54) is 5.56 Å². The smallest absolute Gasteiger partial charge is 0.230 e. The van der Waals surface area contributed by atoms with Crippen LogP contribution in [0.15, 0.2) is 42.5 Å². The standard InChI is InChI=1S/C26H32N2O4/c29-25(27-18-20-3-5-21(6-4-20)19-28-11-13-30-14-12-28)26(9-1-2-10-26)22-7-8-23-24(17-22)32-16-15-31-23/h3-8,17H,1-2,9-16,18-19H2,(H,27,29). The average Bonchev–Trinajstić information content (AvgIpc) is 3.35. The van der Waals surface area contributed by atoms with Crippen molar-refractivity contribution in [2.75, 3.05) is 39.5 Å². The van der Waals surface area contributed by atoms with Crippen LogP contribution in [0.3, 0.4) is 0 Å². The molecule has 0 radical (unpaired) electrons. The summed E-state index contributed by atoms with van der Waals surface area (Å²) in [7, 11) is 0. The first-order valence-corrected chi connectivity index (χ1v) is 11.8. The van der Waals surface area contributed by atoms with Crippen LogP contribution in [0.4, 0.5) is 0 Å². The Bertz CT molecular complexity index is 931. The molecule has 1 saturated heterocycles. The maximum absolute atomic E-state index is 13.4. The lowest BCUT2D eigenvalue weighted by atomic mass is 9.77. The van der Waals surface area contributed by atoms with E-state index in [4.69, 9.17) is 14.2 Å². The fourth-order valence-electron chi connectivity index (χ4n) is 5.10. The molecule has 170 valence electrons. The molecule has 6 nitrogen and oxygen atoms in total. The highest BCUT2D eigenvalue weighted by Gasteiger charge is 2.43. The molecule has 0 bridgehead atoms. The van der Waals surface area contributed by atoms with Gasteiger partial charge in [-0.2, -0.15) is 0 Å². The average molecular weight is 437 g/mol. The molecule has 1 amide bonds. The van der Waals surface area contributed by atoms with E-state index in [-0.39, 0.29) is 5.91 Å². The van der Waals surface area contributed by atoms with Crippen LogP contribution in [0.2, 0.25) is 0 Å². The topological polar surface area (TPSA) is 60.0 Å². The maximum atomic E-state index is 13.4. The molecule has 0 atom stereocenters. The fourth-order valence-corrected chi connectivity index (χ4v) is 5.10. The summed E-state index contributed by atoms with van der Waals surface area (Å²) < 4.78 is 16.9. The summed E-state index contributed by atoms with van der Waals surface area (Å²) in [6.45, 7) is 6.22. The SMILES string of the molecule is O=C(NCc1ccc(CN2CCOCC2)cc1)C1(c2ccc3c(c2)OCCO3)CCCC1. The van der Waals surface area contributed by atoms with E-state index in [2.05, 4.69) is 34.5 Å². The molecule has 0 aromatic heterocycles. The van der Waals surface area contributed by atoms with E-state index < -0.39 is 5.41 Å². The van der Waals surface area contributed by atoms with Crippen LogP contribution in [0.25, 0.3) is 0 Å². The van der Waals surface area contributed by atoms with Crippen molar-refractivity contribution < 1.29 is 19.0 Å². The second-order valence-corrected chi connectivity index (χ2v) is 9.04. The highest BCUT2D eigenvalue weighted by molar-refractivity contribution is 5.88. The van der Waals surface area contributed by atoms with Gasteiger partial charge in [0, 0.05) is 26.2 Å². The van der Waals surface area contributed by atoms with Crippen LogP contribution in [-0.4, -0.2) is 50.3 Å². The molecule has 6 heteroatoms. The van der Waals surface area contributed by atoms with E-state index in [1.54, 1.807) is 0 Å². The molecule has 0 unspecified atom stereocenters. The van der Waals surface area contributed by atoms with Gasteiger partial charge in [0.05, 0.1) is 18.6 Å². The summed E-state index contributed by atoms with van der Waals surface area (Å²) >= 11 is 0. The quantitative estimate of drug-likeness (QED) is 0.752. The van der Waals surface area contributed by atoms with Crippen LogP contribution in [0, 0.1) is 0 Å². The van der Waals surface area contributed by atoms with Crippen molar-refractivity contribution in [3.05, 3.63) is 59.2 Å². The molecule has 1 aliphatic carbocycles. The van der Waals surface area contributed by atoms with Crippen molar-refractivity contribution in [2.45, 2.75) is 44.2 Å². The van der Waals surface area contributed by atoms with Crippen LogP contribution in [0.5, 0.6) is 11.5 Å². The zero-order valence-corrected chi connectivity index (χ0v) is 18.6. The van der Waals surface area contributed by atoms with E-state index >= 15 is 0 Å². The zero-order valence-electron chi connectivity index (χ0n) is 18.6. The molecule has 2 aromatic rings. The van der Waals surface area contributed by atoms with Crippen LogP contribution >= 0.6 is 0 Å². The number of rotatable bonds is 6. The predicted molar refractivity (Wildman–Crippen MR) is 122 cm³/mol. The Morgan fingerprint density at radius 1 is 0.875 bits per heavy atom. The highest BCUT2D eigenvalue weighted by Crippen LogP contribution is 2.44. The van der Waals surface area contributed by atoms with Gasteiger partial charge in [0.25, 0.3) is 0 Å². The Kier molecular flexibility index (Phi) is 6.32. The zero-order chi connectivity index (χ0) is 21.8. The normalized spacial score (nSPS) is 20.1. The van der Waals surface area contributed by atoms with Crippen LogP contribution < -0.4 is 14.8 Å².